The number of alkyl halides is 3. The molecule has 1 aromatic rings. The lowest BCUT2D eigenvalue weighted by Crippen LogP contribution is -2.38. The maximum absolute atomic E-state index is 13.0. The number of likely N-dealkylation sites (tertiary alicyclic amines) is 1. The van der Waals surface area contributed by atoms with Gasteiger partial charge in [0.1, 0.15) is 0 Å². The molecule has 1 heterocycles. The standard InChI is InChI=1S/C18H21F3N2O2/c19-18(20,21)14-8-4-5-9-15(14)22-17(25)12-10-16(24)23(11-12)13-6-2-1-3-7-13/h4-5,8-9,12-13H,1-3,6-7,10-11H2,(H,22,25). The summed E-state index contributed by atoms with van der Waals surface area (Å²) in [5.74, 6) is -1.20. The van der Waals surface area contributed by atoms with Crippen LogP contribution in [-0.2, 0) is 15.8 Å². The third-order valence-electron chi connectivity index (χ3n) is 5.04. The van der Waals surface area contributed by atoms with E-state index >= 15 is 0 Å². The summed E-state index contributed by atoms with van der Waals surface area (Å²) >= 11 is 0. The molecule has 2 aliphatic rings. The van der Waals surface area contributed by atoms with Crippen molar-refractivity contribution in [3.63, 3.8) is 0 Å². The summed E-state index contributed by atoms with van der Waals surface area (Å²) in [5, 5.41) is 2.37. The van der Waals surface area contributed by atoms with Crippen molar-refractivity contribution in [2.24, 2.45) is 5.92 Å². The lowest BCUT2D eigenvalue weighted by Gasteiger charge is -2.31. The largest absolute Gasteiger partial charge is 0.418 e. The van der Waals surface area contributed by atoms with E-state index in [1.165, 1.54) is 18.2 Å². The molecule has 136 valence electrons. The van der Waals surface area contributed by atoms with Gasteiger partial charge in [-0.2, -0.15) is 13.2 Å². The molecular formula is C18H21F3N2O2. The van der Waals surface area contributed by atoms with Gasteiger partial charge in [-0.1, -0.05) is 31.4 Å². The van der Waals surface area contributed by atoms with Gasteiger partial charge in [0.05, 0.1) is 17.2 Å². The number of amides is 2. The fraction of sp³-hybridized carbons (Fsp3) is 0.556. The first-order chi connectivity index (χ1) is 11.9. The number of carbonyl (C=O) groups excluding carboxylic acids is 2. The van der Waals surface area contributed by atoms with E-state index in [1.807, 2.05) is 0 Å². The minimum atomic E-state index is -4.54. The van der Waals surface area contributed by atoms with Crippen molar-refractivity contribution in [3.8, 4) is 0 Å². The number of anilines is 1. The van der Waals surface area contributed by atoms with Crippen molar-refractivity contribution < 1.29 is 22.8 Å². The summed E-state index contributed by atoms with van der Waals surface area (Å²) in [4.78, 5) is 26.4. The zero-order chi connectivity index (χ0) is 18.0. The minimum Gasteiger partial charge on any atom is -0.339 e. The van der Waals surface area contributed by atoms with Gasteiger partial charge in [0.2, 0.25) is 11.8 Å². The number of para-hydroxylation sites is 1. The second-order valence-electron chi connectivity index (χ2n) is 6.77. The van der Waals surface area contributed by atoms with Crippen LogP contribution >= 0.6 is 0 Å². The van der Waals surface area contributed by atoms with Crippen LogP contribution in [0.5, 0.6) is 0 Å². The van der Waals surface area contributed by atoms with E-state index in [2.05, 4.69) is 5.32 Å². The van der Waals surface area contributed by atoms with Gasteiger partial charge in [0.25, 0.3) is 0 Å². The van der Waals surface area contributed by atoms with E-state index in [1.54, 1.807) is 4.90 Å². The van der Waals surface area contributed by atoms with E-state index in [0.717, 1.165) is 38.2 Å². The van der Waals surface area contributed by atoms with Crippen LogP contribution in [0.2, 0.25) is 0 Å². The number of nitrogens with one attached hydrogen (secondary N) is 1. The zero-order valence-corrected chi connectivity index (χ0v) is 13.8. The molecule has 2 amide bonds. The Kier molecular flexibility index (Phi) is 5.01. The van der Waals surface area contributed by atoms with Crippen LogP contribution in [0.4, 0.5) is 18.9 Å². The van der Waals surface area contributed by atoms with Gasteiger partial charge >= 0.3 is 6.18 Å². The summed E-state index contributed by atoms with van der Waals surface area (Å²) in [6.45, 7) is 0.295. The molecular weight excluding hydrogens is 333 g/mol. The van der Waals surface area contributed by atoms with Gasteiger partial charge in [0, 0.05) is 19.0 Å². The number of benzene rings is 1. The summed E-state index contributed by atoms with van der Waals surface area (Å²) in [7, 11) is 0. The van der Waals surface area contributed by atoms with Gasteiger partial charge < -0.3 is 10.2 Å². The van der Waals surface area contributed by atoms with Crippen molar-refractivity contribution in [3.05, 3.63) is 29.8 Å². The molecule has 1 aromatic carbocycles. The molecule has 1 N–H and O–H groups in total. The van der Waals surface area contributed by atoms with Crippen molar-refractivity contribution in [2.45, 2.75) is 50.7 Å². The predicted octanol–water partition coefficient (Wildman–Crippen LogP) is 3.83. The Balaban J connectivity index is 1.68. The highest BCUT2D eigenvalue weighted by atomic mass is 19.4. The Morgan fingerprint density at radius 2 is 1.80 bits per heavy atom. The van der Waals surface area contributed by atoms with Crippen LogP contribution in [0.3, 0.4) is 0 Å². The smallest absolute Gasteiger partial charge is 0.339 e. The van der Waals surface area contributed by atoms with Crippen molar-refractivity contribution in [1.29, 1.82) is 0 Å². The minimum absolute atomic E-state index is 0.0660. The van der Waals surface area contributed by atoms with Gasteiger partial charge in [-0.15, -0.1) is 0 Å². The second kappa shape index (κ2) is 7.06. The molecule has 0 radical (unpaired) electrons. The molecule has 2 fully saturated rings. The third-order valence-corrected chi connectivity index (χ3v) is 5.04. The monoisotopic (exact) mass is 354 g/mol. The molecule has 1 saturated heterocycles. The van der Waals surface area contributed by atoms with Crippen molar-refractivity contribution >= 4 is 17.5 Å². The van der Waals surface area contributed by atoms with Crippen LogP contribution in [0.15, 0.2) is 24.3 Å². The first-order valence-electron chi connectivity index (χ1n) is 8.63. The Morgan fingerprint density at radius 1 is 1.12 bits per heavy atom. The highest BCUT2D eigenvalue weighted by Gasteiger charge is 2.39. The molecule has 1 aliphatic carbocycles. The van der Waals surface area contributed by atoms with E-state index in [0.29, 0.717) is 6.54 Å². The van der Waals surface area contributed by atoms with E-state index in [9.17, 15) is 22.8 Å². The third kappa shape index (κ3) is 3.96. The quantitative estimate of drug-likeness (QED) is 0.897. The van der Waals surface area contributed by atoms with E-state index in [4.69, 9.17) is 0 Å². The lowest BCUT2D eigenvalue weighted by molar-refractivity contribution is -0.137. The number of halogens is 3. The normalized spacial score (nSPS) is 22.3. The van der Waals surface area contributed by atoms with Gasteiger partial charge in [-0.05, 0) is 25.0 Å². The van der Waals surface area contributed by atoms with Crippen LogP contribution in [0.1, 0.15) is 44.1 Å². The lowest BCUT2D eigenvalue weighted by atomic mass is 9.94. The molecule has 1 atom stereocenters. The SMILES string of the molecule is O=C(Nc1ccccc1C(F)(F)F)C1CC(=O)N(C2CCCCC2)C1. The Morgan fingerprint density at radius 3 is 2.48 bits per heavy atom. The van der Waals surface area contributed by atoms with Crippen LogP contribution < -0.4 is 5.32 Å². The molecule has 3 rings (SSSR count). The maximum atomic E-state index is 13.0. The predicted molar refractivity (Wildman–Crippen MR) is 86.8 cm³/mol. The molecule has 0 bridgehead atoms. The van der Waals surface area contributed by atoms with Crippen LogP contribution in [0.25, 0.3) is 0 Å². The number of hydrogen-bond acceptors (Lipinski definition) is 2. The van der Waals surface area contributed by atoms with Crippen molar-refractivity contribution in [2.75, 3.05) is 11.9 Å². The van der Waals surface area contributed by atoms with Gasteiger partial charge in [-0.25, -0.2) is 0 Å². The molecule has 1 unspecified atom stereocenters. The Bertz CT molecular complexity index is 654. The Hall–Kier alpha value is -2.05. The highest BCUT2D eigenvalue weighted by Crippen LogP contribution is 2.35. The zero-order valence-electron chi connectivity index (χ0n) is 13.8. The molecule has 1 saturated carbocycles. The first-order valence-corrected chi connectivity index (χ1v) is 8.63. The van der Waals surface area contributed by atoms with Gasteiger partial charge in [-0.3, -0.25) is 9.59 Å². The number of carbonyl (C=O) groups is 2. The summed E-state index contributed by atoms with van der Waals surface area (Å²) in [6, 6.07) is 5.06. The number of rotatable bonds is 3. The Labute approximate surface area is 144 Å². The average molecular weight is 354 g/mol. The molecule has 25 heavy (non-hydrogen) atoms. The number of nitrogens with zero attached hydrogens (tertiary/aromatic N) is 1. The summed E-state index contributed by atoms with van der Waals surface area (Å²) in [6.07, 6.45) is 0.721. The second-order valence-corrected chi connectivity index (χ2v) is 6.77. The first kappa shape index (κ1) is 17.8. The topological polar surface area (TPSA) is 49.4 Å². The van der Waals surface area contributed by atoms with Crippen LogP contribution in [0, 0.1) is 5.92 Å². The van der Waals surface area contributed by atoms with Crippen molar-refractivity contribution in [1.82, 2.24) is 4.90 Å². The summed E-state index contributed by atoms with van der Waals surface area (Å²) < 4.78 is 39.1. The summed E-state index contributed by atoms with van der Waals surface area (Å²) in [5.41, 5.74) is -1.14. The van der Waals surface area contributed by atoms with Crippen LogP contribution in [-0.4, -0.2) is 29.3 Å². The highest BCUT2D eigenvalue weighted by molar-refractivity contribution is 5.97. The fourth-order valence-electron chi connectivity index (χ4n) is 3.73. The van der Waals surface area contributed by atoms with Gasteiger partial charge in [0.15, 0.2) is 0 Å². The molecule has 0 aromatic heterocycles. The molecule has 4 nitrogen and oxygen atoms in total. The van der Waals surface area contributed by atoms with E-state index in [-0.39, 0.29) is 24.1 Å². The fourth-order valence-corrected chi connectivity index (χ4v) is 3.73. The molecule has 1 aliphatic heterocycles. The molecule has 0 spiro atoms. The molecule has 7 heteroatoms. The van der Waals surface area contributed by atoms with E-state index < -0.39 is 23.6 Å². The number of hydrogen-bond donors (Lipinski definition) is 1. The maximum Gasteiger partial charge on any atom is 0.418 e. The average Bonchev–Trinajstić information content (AvgIpc) is 2.97.